The molecule has 77 heavy (non-hydrogen) atoms. The first-order chi connectivity index (χ1) is 37.4. The topological polar surface area (TPSA) is 225 Å². The van der Waals surface area contributed by atoms with Crippen LogP contribution in [0.4, 0.5) is 17.6 Å². The van der Waals surface area contributed by atoms with Gasteiger partial charge in [0.15, 0.2) is 5.65 Å². The molecule has 0 radical (unpaired) electrons. The van der Waals surface area contributed by atoms with Crippen molar-refractivity contribution < 1.29 is 43.1 Å². The molecule has 5 aromatic rings. The minimum atomic E-state index is -0.387. The lowest BCUT2D eigenvalue weighted by molar-refractivity contribution is -0.164. The zero-order valence-corrected chi connectivity index (χ0v) is 46.0. The maximum atomic E-state index is 13.4. The van der Waals surface area contributed by atoms with Crippen molar-refractivity contribution in [3.8, 4) is 17.7 Å². The second-order valence-corrected chi connectivity index (χ2v) is 21.3. The number of nitrogens with one attached hydrogen (secondary N) is 2. The Morgan fingerprint density at radius 2 is 1.52 bits per heavy atom. The smallest absolute Gasteiger partial charge is 0.254 e. The SMILES string of the molecule is CCc1cnn2c(NCc3ccc(OCCOCCOCCOCCOCCOC4CCN(c5ncc(C(=O)NC6C(C)(C)C(Oc7ccc(C#N)c(Cl)c7)C6(C)C)cn5)CC4)nc3)cc(N3CCCC[C@H]3CCO)nc12. The number of aliphatic hydroxyl groups excluding tert-OH is 1. The molecule has 6 heterocycles. The summed E-state index contributed by atoms with van der Waals surface area (Å²) in [5.74, 6) is 3.24. The number of pyridine rings is 1. The average molecular weight is 1080 g/mol. The maximum absolute atomic E-state index is 13.4. The largest absolute Gasteiger partial charge is 0.489 e. The number of halogens is 1. The number of amides is 1. The van der Waals surface area contributed by atoms with Gasteiger partial charge in [0, 0.05) is 98.1 Å². The van der Waals surface area contributed by atoms with Crippen LogP contribution in [0.25, 0.3) is 5.65 Å². The molecule has 1 aliphatic carbocycles. The summed E-state index contributed by atoms with van der Waals surface area (Å²) >= 11 is 6.25. The first-order valence-corrected chi connectivity index (χ1v) is 27.5. The average Bonchev–Trinajstić information content (AvgIpc) is 3.87. The molecule has 2 saturated heterocycles. The molecule has 1 saturated carbocycles. The van der Waals surface area contributed by atoms with Crippen molar-refractivity contribution in [2.24, 2.45) is 10.8 Å². The highest BCUT2D eigenvalue weighted by Crippen LogP contribution is 2.55. The summed E-state index contributed by atoms with van der Waals surface area (Å²) < 4.78 is 42.8. The van der Waals surface area contributed by atoms with Gasteiger partial charge in [-0.05, 0) is 62.6 Å². The summed E-state index contributed by atoms with van der Waals surface area (Å²) in [6.07, 6.45) is 13.4. The van der Waals surface area contributed by atoms with E-state index in [2.05, 4.69) is 87.2 Å². The summed E-state index contributed by atoms with van der Waals surface area (Å²) in [5, 5.41) is 30.7. The van der Waals surface area contributed by atoms with Gasteiger partial charge in [0.25, 0.3) is 5.91 Å². The summed E-state index contributed by atoms with van der Waals surface area (Å²) in [6, 6.07) is 13.1. The van der Waals surface area contributed by atoms with Gasteiger partial charge in [-0.15, -0.1) is 0 Å². The molecular weight excluding hydrogens is 1010 g/mol. The number of piperidine rings is 2. The third kappa shape index (κ3) is 14.8. The second-order valence-electron chi connectivity index (χ2n) is 20.9. The Balaban J connectivity index is 0.613. The maximum Gasteiger partial charge on any atom is 0.254 e. The van der Waals surface area contributed by atoms with E-state index in [1.165, 1.54) is 6.42 Å². The molecule has 416 valence electrons. The molecule has 0 bridgehead atoms. The Bertz CT molecular complexity index is 2680. The fourth-order valence-corrected chi connectivity index (χ4v) is 11.2. The van der Waals surface area contributed by atoms with Crippen LogP contribution in [0.3, 0.4) is 0 Å². The van der Waals surface area contributed by atoms with E-state index < -0.39 is 0 Å². The molecule has 3 aliphatic rings. The van der Waals surface area contributed by atoms with Crippen molar-refractivity contribution in [3.05, 3.63) is 88.5 Å². The lowest BCUT2D eigenvalue weighted by Gasteiger charge is -2.63. The fourth-order valence-electron chi connectivity index (χ4n) is 10.9. The van der Waals surface area contributed by atoms with Gasteiger partial charge in [-0.1, -0.05) is 52.3 Å². The van der Waals surface area contributed by atoms with Crippen LogP contribution in [0.5, 0.6) is 11.6 Å². The number of hydrogen-bond acceptors (Lipinski definition) is 18. The zero-order valence-electron chi connectivity index (χ0n) is 45.3. The number of carbonyl (C=O) groups excluding carboxylic acids is 1. The van der Waals surface area contributed by atoms with Crippen LogP contribution in [-0.4, -0.2) is 157 Å². The third-order valence-electron chi connectivity index (χ3n) is 14.8. The number of ether oxygens (including phenoxy) is 7. The van der Waals surface area contributed by atoms with Crippen LogP contribution in [0, 0.1) is 22.2 Å². The van der Waals surface area contributed by atoms with Crippen LogP contribution >= 0.6 is 11.6 Å². The Labute approximate surface area is 457 Å². The number of anilines is 3. The summed E-state index contributed by atoms with van der Waals surface area (Å²) in [4.78, 5) is 36.5. The van der Waals surface area contributed by atoms with E-state index in [0.717, 1.165) is 86.6 Å². The van der Waals surface area contributed by atoms with Gasteiger partial charge >= 0.3 is 0 Å². The van der Waals surface area contributed by atoms with E-state index in [1.807, 2.05) is 29.0 Å². The Morgan fingerprint density at radius 1 is 0.831 bits per heavy atom. The molecule has 1 aromatic carbocycles. The van der Waals surface area contributed by atoms with Gasteiger partial charge in [-0.2, -0.15) is 14.9 Å². The van der Waals surface area contributed by atoms with Gasteiger partial charge in [0.2, 0.25) is 11.8 Å². The van der Waals surface area contributed by atoms with E-state index in [4.69, 9.17) is 49.7 Å². The minimum Gasteiger partial charge on any atom is -0.489 e. The Kier molecular flexibility index (Phi) is 20.5. The number of nitriles is 1. The van der Waals surface area contributed by atoms with Crippen molar-refractivity contribution in [1.29, 1.82) is 5.26 Å². The van der Waals surface area contributed by atoms with E-state index in [0.29, 0.717) is 106 Å². The van der Waals surface area contributed by atoms with E-state index in [1.54, 1.807) is 30.6 Å². The molecule has 21 heteroatoms. The summed E-state index contributed by atoms with van der Waals surface area (Å²) in [5.41, 5.74) is 2.96. The molecular formula is C56H76ClN11O9. The molecule has 8 rings (SSSR count). The van der Waals surface area contributed by atoms with Gasteiger partial charge in [0.05, 0.1) is 87.9 Å². The van der Waals surface area contributed by atoms with Crippen LogP contribution in [0.15, 0.2) is 61.2 Å². The van der Waals surface area contributed by atoms with Gasteiger partial charge in [-0.25, -0.2) is 19.9 Å². The number of nitrogens with zero attached hydrogens (tertiary/aromatic N) is 9. The van der Waals surface area contributed by atoms with E-state index in [-0.39, 0.29) is 47.6 Å². The zero-order chi connectivity index (χ0) is 54.2. The molecule has 2 aliphatic heterocycles. The lowest BCUT2D eigenvalue weighted by Crippen LogP contribution is -2.74. The van der Waals surface area contributed by atoms with Crippen LogP contribution in [0.1, 0.15) is 100 Å². The monoisotopic (exact) mass is 1080 g/mol. The number of aryl methyl sites for hydroxylation is 1. The van der Waals surface area contributed by atoms with Gasteiger partial charge in [0.1, 0.15) is 36.2 Å². The predicted molar refractivity (Wildman–Crippen MR) is 292 cm³/mol. The van der Waals surface area contributed by atoms with E-state index in [9.17, 15) is 15.2 Å². The number of carbonyl (C=O) groups is 1. The number of benzene rings is 1. The molecule has 20 nitrogen and oxygen atoms in total. The van der Waals surface area contributed by atoms with Crippen molar-refractivity contribution in [2.75, 3.05) is 107 Å². The highest BCUT2D eigenvalue weighted by molar-refractivity contribution is 6.31. The normalized spacial score (nSPS) is 19.2. The standard InChI is InChI=1S/C56H76ClN11O9/c1-6-40-38-63-68-47(32-48(64-50(40)68)67-17-8-7-9-43(67)16-20-69)59-34-39-10-13-49(60-35-39)76-30-28-74-26-24-72-22-21-71-23-25-73-27-29-75-44-14-18-66(19-15-44)54-61-36-42(37-62-54)51(70)65-52-55(2,3)53(56(52,4)5)77-45-12-11-41(33-58)46(57)31-45/h10-13,31-32,35-38,43-44,52-53,59,69H,6-9,14-30,34H2,1-5H3,(H,65,70)/t43-,52?,53?/m0/s1. The molecule has 0 spiro atoms. The van der Waals surface area contributed by atoms with E-state index >= 15 is 0 Å². The number of fused-ring (bicyclic) bond motifs is 1. The van der Waals surface area contributed by atoms with Crippen LogP contribution in [-0.2, 0) is 36.6 Å². The third-order valence-corrected chi connectivity index (χ3v) is 15.1. The quantitative estimate of drug-likeness (QED) is 0.0406. The van der Waals surface area contributed by atoms with Crippen molar-refractivity contribution in [1.82, 2.24) is 34.9 Å². The molecule has 1 atom stereocenters. The number of rotatable bonds is 29. The van der Waals surface area contributed by atoms with Crippen molar-refractivity contribution in [3.63, 3.8) is 0 Å². The van der Waals surface area contributed by atoms with Crippen LogP contribution in [0.2, 0.25) is 5.02 Å². The predicted octanol–water partition coefficient (Wildman–Crippen LogP) is 7.10. The Hall–Kier alpha value is -5.92. The summed E-state index contributed by atoms with van der Waals surface area (Å²) in [7, 11) is 0. The number of aliphatic hydroxyl groups is 1. The second kappa shape index (κ2) is 27.6. The number of hydrogen-bond donors (Lipinski definition) is 3. The van der Waals surface area contributed by atoms with Gasteiger partial charge < -0.3 is 58.7 Å². The van der Waals surface area contributed by atoms with Gasteiger partial charge in [-0.3, -0.25) is 4.79 Å². The molecule has 0 unspecified atom stereocenters. The highest BCUT2D eigenvalue weighted by atomic mass is 35.5. The minimum absolute atomic E-state index is 0.125. The van der Waals surface area contributed by atoms with Crippen molar-refractivity contribution in [2.45, 2.75) is 110 Å². The highest BCUT2D eigenvalue weighted by Gasteiger charge is 2.64. The first-order valence-electron chi connectivity index (χ1n) is 27.1. The Morgan fingerprint density at radius 3 is 2.16 bits per heavy atom. The summed E-state index contributed by atoms with van der Waals surface area (Å²) in [6.45, 7) is 18.1. The first kappa shape index (κ1) is 57.3. The molecule has 1 amide bonds. The lowest BCUT2D eigenvalue weighted by atomic mass is 9.49. The van der Waals surface area contributed by atoms with Crippen molar-refractivity contribution >= 4 is 40.7 Å². The molecule has 3 fully saturated rings. The molecule has 3 N–H and O–H groups in total. The number of aromatic nitrogens is 6. The fraction of sp³-hybridized carbons (Fsp3) is 0.589. The van der Waals surface area contributed by atoms with Crippen LogP contribution < -0.4 is 29.9 Å². The molecule has 4 aromatic heterocycles.